The topological polar surface area (TPSA) is 47.8 Å². The van der Waals surface area contributed by atoms with Crippen LogP contribution >= 0.6 is 0 Å². The van der Waals surface area contributed by atoms with E-state index in [1.807, 2.05) is 6.07 Å². The number of hydrogen-bond acceptors (Lipinski definition) is 4. The van der Waals surface area contributed by atoms with Gasteiger partial charge in [0.15, 0.2) is 5.71 Å². The van der Waals surface area contributed by atoms with Gasteiger partial charge >= 0.3 is 6.16 Å². The van der Waals surface area contributed by atoms with Crippen LogP contribution in [0, 0.1) is 0 Å². The van der Waals surface area contributed by atoms with Crippen molar-refractivity contribution in [2.75, 3.05) is 13.7 Å². The van der Waals surface area contributed by atoms with Crippen LogP contribution in [-0.4, -0.2) is 30.1 Å². The number of carbonyl (C=O) groups excluding carboxylic acids is 1. The molecule has 0 radical (unpaired) electrons. The zero-order valence-electron chi connectivity index (χ0n) is 20.5. The van der Waals surface area contributed by atoms with E-state index in [4.69, 9.17) is 14.2 Å². The molecule has 2 aromatic rings. The Bertz CT molecular complexity index is 1340. The smallest absolute Gasteiger partial charge is 0.456 e. The molecule has 5 heteroatoms. The lowest BCUT2D eigenvalue weighted by Gasteiger charge is -2.26. The molecule has 2 heterocycles. The van der Waals surface area contributed by atoms with E-state index in [9.17, 15) is 4.79 Å². The second-order valence-electron chi connectivity index (χ2n) is 9.55. The van der Waals surface area contributed by atoms with Crippen molar-refractivity contribution in [1.29, 1.82) is 0 Å². The molecule has 1 aliphatic carbocycles. The van der Waals surface area contributed by atoms with E-state index in [0.717, 1.165) is 30.6 Å². The fourth-order valence-electron chi connectivity index (χ4n) is 5.15. The lowest BCUT2D eigenvalue weighted by atomic mass is 9.81. The zero-order chi connectivity index (χ0) is 24.6. The van der Waals surface area contributed by atoms with Gasteiger partial charge in [-0.25, -0.2) is 4.79 Å². The molecule has 5 rings (SSSR count). The van der Waals surface area contributed by atoms with Crippen LogP contribution in [-0.2, 0) is 10.2 Å². The summed E-state index contributed by atoms with van der Waals surface area (Å²) in [6, 6.07) is 14.0. The van der Waals surface area contributed by atoms with Gasteiger partial charge in [0, 0.05) is 29.3 Å². The molecular formula is C30H30NO4+. The van der Waals surface area contributed by atoms with Gasteiger partial charge in [0.2, 0.25) is 5.69 Å². The van der Waals surface area contributed by atoms with E-state index in [-0.39, 0.29) is 12.0 Å². The van der Waals surface area contributed by atoms with E-state index < -0.39 is 6.16 Å². The average Bonchev–Trinajstić information content (AvgIpc) is 3.05. The molecule has 0 amide bonds. The standard InChI is InChI=1S/C30H30NO4/c1-5-17-33-29(32)34-23-15-13-21-18-22-10-8-9-20(28(22)35-26(21)19-23)14-16-27-30(2,3)24-11-6-7-12-25(24)31(27)4/h5-7,11-16,18-19H,1,8-10,17H2,2-4H3/q+1. The number of benzene rings is 2. The molecule has 0 N–H and O–H groups in total. The minimum atomic E-state index is -0.765. The third kappa shape index (κ3) is 4.23. The molecular weight excluding hydrogens is 438 g/mol. The van der Waals surface area contributed by atoms with Crippen molar-refractivity contribution < 1.29 is 23.6 Å². The molecule has 3 aliphatic rings. The Labute approximate surface area is 206 Å². The summed E-state index contributed by atoms with van der Waals surface area (Å²) in [5, 5.41) is 0. The Morgan fingerprint density at radius 2 is 2.00 bits per heavy atom. The minimum absolute atomic E-state index is 0.0765. The van der Waals surface area contributed by atoms with Gasteiger partial charge in [-0.15, -0.1) is 0 Å². The molecule has 0 atom stereocenters. The summed E-state index contributed by atoms with van der Waals surface area (Å²) < 4.78 is 18.9. The molecule has 0 unspecified atom stereocenters. The van der Waals surface area contributed by atoms with Crippen LogP contribution in [0.3, 0.4) is 0 Å². The Morgan fingerprint density at radius 3 is 2.80 bits per heavy atom. The number of fused-ring (bicyclic) bond motifs is 3. The number of nitrogens with zero attached hydrogens (tertiary/aromatic N) is 1. The molecule has 5 nitrogen and oxygen atoms in total. The minimum Gasteiger partial charge on any atom is -0.456 e. The predicted octanol–water partition coefficient (Wildman–Crippen LogP) is 6.86. The third-order valence-electron chi connectivity index (χ3n) is 6.91. The number of rotatable bonds is 5. The molecule has 0 spiro atoms. The van der Waals surface area contributed by atoms with E-state index >= 15 is 0 Å². The van der Waals surface area contributed by atoms with Crippen molar-refractivity contribution in [2.24, 2.45) is 0 Å². The summed E-state index contributed by atoms with van der Waals surface area (Å²) in [7, 11) is 2.13. The van der Waals surface area contributed by atoms with E-state index in [0.29, 0.717) is 11.5 Å². The van der Waals surface area contributed by atoms with Gasteiger partial charge in [-0.05, 0) is 68.5 Å². The Balaban J connectivity index is 1.44. The lowest BCUT2D eigenvalue weighted by Crippen LogP contribution is -2.26. The SMILES string of the molecule is C=CCOC(=O)Oc1ccc2c(c1)OC1=C(C=CC3=[N+](C)c4ccccc4C3(C)C)CCCC1=C2. The van der Waals surface area contributed by atoms with Crippen LogP contribution in [0.4, 0.5) is 10.5 Å². The van der Waals surface area contributed by atoms with Gasteiger partial charge in [-0.1, -0.05) is 30.9 Å². The van der Waals surface area contributed by atoms with Crippen LogP contribution in [0.15, 0.2) is 84.2 Å². The van der Waals surface area contributed by atoms with Crippen molar-refractivity contribution in [1.82, 2.24) is 0 Å². The van der Waals surface area contributed by atoms with Crippen LogP contribution in [0.2, 0.25) is 0 Å². The highest BCUT2D eigenvalue weighted by molar-refractivity contribution is 6.03. The summed E-state index contributed by atoms with van der Waals surface area (Å²) in [4.78, 5) is 11.8. The molecule has 178 valence electrons. The molecule has 2 aromatic carbocycles. The maximum Gasteiger partial charge on any atom is 0.514 e. The maximum atomic E-state index is 11.8. The van der Waals surface area contributed by atoms with E-state index in [1.165, 1.54) is 34.2 Å². The van der Waals surface area contributed by atoms with E-state index in [1.54, 1.807) is 12.1 Å². The maximum absolute atomic E-state index is 11.8. The van der Waals surface area contributed by atoms with Crippen molar-refractivity contribution in [3.63, 3.8) is 0 Å². The second-order valence-corrected chi connectivity index (χ2v) is 9.55. The van der Waals surface area contributed by atoms with Crippen LogP contribution in [0.25, 0.3) is 6.08 Å². The first kappa shape index (κ1) is 22.9. The number of para-hydroxylation sites is 1. The van der Waals surface area contributed by atoms with Crippen LogP contribution in [0.1, 0.15) is 44.2 Å². The molecule has 0 saturated carbocycles. The Kier molecular flexibility index (Phi) is 5.93. The first-order chi connectivity index (χ1) is 16.9. The van der Waals surface area contributed by atoms with Crippen molar-refractivity contribution >= 4 is 23.6 Å². The molecule has 2 aliphatic heterocycles. The molecule has 0 bridgehead atoms. The largest absolute Gasteiger partial charge is 0.514 e. The predicted molar refractivity (Wildman–Crippen MR) is 138 cm³/mol. The molecule has 0 fully saturated rings. The summed E-state index contributed by atoms with van der Waals surface area (Å²) in [6.45, 7) is 8.18. The Morgan fingerprint density at radius 1 is 1.17 bits per heavy atom. The van der Waals surface area contributed by atoms with Gasteiger partial charge in [0.1, 0.15) is 30.9 Å². The third-order valence-corrected chi connectivity index (χ3v) is 6.91. The fraction of sp³-hybridized carbons (Fsp3) is 0.267. The number of ether oxygens (including phenoxy) is 3. The van der Waals surface area contributed by atoms with Gasteiger partial charge in [-0.2, -0.15) is 4.58 Å². The highest BCUT2D eigenvalue weighted by Crippen LogP contribution is 2.42. The summed E-state index contributed by atoms with van der Waals surface area (Å²) in [6.07, 6.45) is 10.4. The molecule has 35 heavy (non-hydrogen) atoms. The van der Waals surface area contributed by atoms with E-state index in [2.05, 4.69) is 74.5 Å². The summed E-state index contributed by atoms with van der Waals surface area (Å²) in [5.74, 6) is 1.96. The first-order valence-corrected chi connectivity index (χ1v) is 12.0. The number of hydrogen-bond donors (Lipinski definition) is 0. The van der Waals surface area contributed by atoms with Gasteiger partial charge < -0.3 is 14.2 Å². The summed E-state index contributed by atoms with van der Waals surface area (Å²) in [5.41, 5.74) is 7.13. The quantitative estimate of drug-likeness (QED) is 0.208. The number of allylic oxidation sites excluding steroid dienone is 4. The van der Waals surface area contributed by atoms with Crippen LogP contribution < -0.4 is 9.47 Å². The molecule has 0 saturated heterocycles. The van der Waals surface area contributed by atoms with Crippen molar-refractivity contribution in [3.05, 3.63) is 95.3 Å². The zero-order valence-corrected chi connectivity index (χ0v) is 20.5. The monoisotopic (exact) mass is 468 g/mol. The Hall–Kier alpha value is -3.86. The first-order valence-electron chi connectivity index (χ1n) is 12.0. The molecule has 0 aromatic heterocycles. The fourth-order valence-corrected chi connectivity index (χ4v) is 5.15. The van der Waals surface area contributed by atoms with Crippen LogP contribution in [0.5, 0.6) is 11.5 Å². The highest BCUT2D eigenvalue weighted by atomic mass is 16.7. The van der Waals surface area contributed by atoms with Gasteiger partial charge in [0.25, 0.3) is 0 Å². The van der Waals surface area contributed by atoms with Crippen molar-refractivity contribution in [3.8, 4) is 11.5 Å². The average molecular weight is 469 g/mol. The highest BCUT2D eigenvalue weighted by Gasteiger charge is 2.42. The number of carbonyl (C=O) groups is 1. The normalized spacial score (nSPS) is 17.9. The van der Waals surface area contributed by atoms with Gasteiger partial charge in [-0.3, -0.25) is 0 Å². The second kappa shape index (κ2) is 9.06. The van der Waals surface area contributed by atoms with Gasteiger partial charge in [0.05, 0.1) is 5.41 Å². The van der Waals surface area contributed by atoms with Crippen molar-refractivity contribution in [2.45, 2.75) is 38.5 Å². The lowest BCUT2D eigenvalue weighted by molar-refractivity contribution is -0.401. The summed E-state index contributed by atoms with van der Waals surface area (Å²) >= 11 is 0.